The maximum Gasteiger partial charge on any atom is 0.326 e. The summed E-state index contributed by atoms with van der Waals surface area (Å²) >= 11 is 0. The Bertz CT molecular complexity index is 1590. The van der Waals surface area contributed by atoms with Crippen molar-refractivity contribution < 1.29 is 23.7 Å². The molecule has 0 unspecified atom stereocenters. The highest BCUT2D eigenvalue weighted by Gasteiger charge is 2.33. The summed E-state index contributed by atoms with van der Waals surface area (Å²) in [5.74, 6) is 4.16. The van der Waals surface area contributed by atoms with Crippen LogP contribution in [0.15, 0.2) is 54.7 Å². The minimum Gasteiger partial charge on any atom is -0.497 e. The van der Waals surface area contributed by atoms with Crippen LogP contribution in [0.1, 0.15) is 16.8 Å². The summed E-state index contributed by atoms with van der Waals surface area (Å²) in [4.78, 5) is 23.9. The summed E-state index contributed by atoms with van der Waals surface area (Å²) in [5.41, 5.74) is 4.68. The maximum absolute atomic E-state index is 13.3. The number of fused-ring (bicyclic) bond motifs is 1. The molecular formula is C31H34N6O5. The van der Waals surface area contributed by atoms with Gasteiger partial charge in [0.25, 0.3) is 0 Å². The van der Waals surface area contributed by atoms with E-state index in [1.807, 2.05) is 71.2 Å². The summed E-state index contributed by atoms with van der Waals surface area (Å²) in [6.07, 6.45) is 2.66. The standard InChI is InChI=1S/C31H34N6O5/c1-20-16-25(24-10-12-36(30(24)32-20)29-26(41-4)17-23(40-3)18-27(29)42-5)37-13-11-28(33-37)35-15-14-34(31(35)38)19-21-6-8-22(39-2)9-7-21/h6-9,11,13,16-18H,10,12,14-15,19H2,1-5H3. The Labute approximate surface area is 244 Å². The Morgan fingerprint density at radius 1 is 0.810 bits per heavy atom. The second-order valence-electron chi connectivity index (χ2n) is 10.2. The van der Waals surface area contributed by atoms with Crippen LogP contribution < -0.4 is 28.7 Å². The number of methoxy groups -OCH3 is 4. The zero-order valence-corrected chi connectivity index (χ0v) is 24.5. The highest BCUT2D eigenvalue weighted by atomic mass is 16.5. The first-order valence-electron chi connectivity index (χ1n) is 13.8. The topological polar surface area (TPSA) is 94.4 Å². The third-order valence-corrected chi connectivity index (χ3v) is 7.73. The number of amides is 2. The minimum absolute atomic E-state index is 0.0583. The average Bonchev–Trinajstić information content (AvgIpc) is 3.75. The van der Waals surface area contributed by atoms with Crippen molar-refractivity contribution in [1.82, 2.24) is 19.7 Å². The van der Waals surface area contributed by atoms with Crippen LogP contribution in [0, 0.1) is 6.92 Å². The van der Waals surface area contributed by atoms with Gasteiger partial charge in [0.15, 0.2) is 5.82 Å². The van der Waals surface area contributed by atoms with Crippen molar-refractivity contribution in [3.8, 4) is 28.7 Å². The van der Waals surface area contributed by atoms with E-state index in [9.17, 15) is 4.79 Å². The number of urea groups is 1. The molecule has 0 bridgehead atoms. The van der Waals surface area contributed by atoms with Crippen molar-refractivity contribution in [2.75, 3.05) is 57.9 Å². The maximum atomic E-state index is 13.3. The van der Waals surface area contributed by atoms with E-state index in [0.717, 1.165) is 46.2 Å². The lowest BCUT2D eigenvalue weighted by atomic mass is 10.1. The van der Waals surface area contributed by atoms with Gasteiger partial charge in [-0.3, -0.25) is 4.90 Å². The van der Waals surface area contributed by atoms with Crippen molar-refractivity contribution in [2.24, 2.45) is 0 Å². The first kappa shape index (κ1) is 27.3. The molecule has 1 fully saturated rings. The number of hydrogen-bond acceptors (Lipinski definition) is 8. The first-order chi connectivity index (χ1) is 20.4. The van der Waals surface area contributed by atoms with E-state index < -0.39 is 0 Å². The number of aryl methyl sites for hydroxylation is 1. The van der Waals surface area contributed by atoms with E-state index in [1.165, 1.54) is 0 Å². The van der Waals surface area contributed by atoms with Gasteiger partial charge >= 0.3 is 6.03 Å². The smallest absolute Gasteiger partial charge is 0.326 e. The molecule has 0 radical (unpaired) electrons. The van der Waals surface area contributed by atoms with Crippen LogP contribution in [0.2, 0.25) is 0 Å². The number of anilines is 3. The van der Waals surface area contributed by atoms with Crippen molar-refractivity contribution in [3.63, 3.8) is 0 Å². The number of hydrogen-bond donors (Lipinski definition) is 0. The quantitative estimate of drug-likeness (QED) is 0.285. The molecule has 2 aliphatic rings. The summed E-state index contributed by atoms with van der Waals surface area (Å²) in [6, 6.07) is 15.3. The molecule has 0 spiro atoms. The molecule has 2 aromatic heterocycles. The Morgan fingerprint density at radius 2 is 1.52 bits per heavy atom. The van der Waals surface area contributed by atoms with E-state index in [-0.39, 0.29) is 6.03 Å². The van der Waals surface area contributed by atoms with Gasteiger partial charge in [0.2, 0.25) is 0 Å². The molecule has 4 heterocycles. The van der Waals surface area contributed by atoms with Crippen LogP contribution in [0.4, 0.5) is 22.1 Å². The zero-order valence-electron chi connectivity index (χ0n) is 24.5. The molecule has 11 nitrogen and oxygen atoms in total. The second-order valence-corrected chi connectivity index (χ2v) is 10.2. The summed E-state index contributed by atoms with van der Waals surface area (Å²) in [6.45, 7) is 4.39. The average molecular weight is 571 g/mol. The molecule has 6 rings (SSSR count). The molecule has 1 saturated heterocycles. The van der Waals surface area contributed by atoms with Gasteiger partial charge < -0.3 is 28.7 Å². The van der Waals surface area contributed by atoms with Gasteiger partial charge in [0.05, 0.1) is 34.1 Å². The molecular weight excluding hydrogens is 536 g/mol. The number of aromatic nitrogens is 3. The zero-order chi connectivity index (χ0) is 29.4. The van der Waals surface area contributed by atoms with Crippen LogP contribution in [0.3, 0.4) is 0 Å². The fourth-order valence-corrected chi connectivity index (χ4v) is 5.62. The van der Waals surface area contributed by atoms with Crippen LogP contribution in [0.25, 0.3) is 5.69 Å². The monoisotopic (exact) mass is 570 g/mol. The Kier molecular flexibility index (Phi) is 7.24. The molecule has 218 valence electrons. The lowest BCUT2D eigenvalue weighted by Crippen LogP contribution is -2.31. The van der Waals surface area contributed by atoms with Crippen LogP contribution in [-0.4, -0.2) is 73.8 Å². The molecule has 0 N–H and O–H groups in total. The molecule has 42 heavy (non-hydrogen) atoms. The SMILES string of the molecule is COc1ccc(CN2CCN(c3ccn(-c4cc(C)nc5c4CCN5c4c(OC)cc(OC)cc4OC)n3)C2=O)cc1. The molecule has 0 atom stereocenters. The molecule has 2 aromatic carbocycles. The predicted molar refractivity (Wildman–Crippen MR) is 159 cm³/mol. The van der Waals surface area contributed by atoms with Gasteiger partial charge in [0.1, 0.15) is 34.5 Å². The van der Waals surface area contributed by atoms with Crippen LogP contribution >= 0.6 is 0 Å². The predicted octanol–water partition coefficient (Wildman–Crippen LogP) is 4.75. The Morgan fingerprint density at radius 3 is 2.19 bits per heavy atom. The lowest BCUT2D eigenvalue weighted by Gasteiger charge is -2.24. The fourth-order valence-electron chi connectivity index (χ4n) is 5.62. The number of pyridine rings is 1. The molecule has 4 aromatic rings. The summed E-state index contributed by atoms with van der Waals surface area (Å²) < 4.78 is 24.0. The normalized spacial score (nSPS) is 14.4. The van der Waals surface area contributed by atoms with Crippen molar-refractivity contribution in [2.45, 2.75) is 19.9 Å². The lowest BCUT2D eigenvalue weighted by molar-refractivity contribution is 0.218. The van der Waals surface area contributed by atoms with Gasteiger partial charge in [-0.05, 0) is 37.1 Å². The molecule has 2 aliphatic heterocycles. The number of nitrogens with zero attached hydrogens (tertiary/aromatic N) is 6. The first-order valence-corrected chi connectivity index (χ1v) is 13.8. The van der Waals surface area contributed by atoms with Gasteiger partial charge in [-0.15, -0.1) is 5.10 Å². The molecule has 0 saturated carbocycles. The van der Waals surface area contributed by atoms with Gasteiger partial charge in [0, 0.05) is 61.8 Å². The van der Waals surface area contributed by atoms with Crippen LogP contribution in [0.5, 0.6) is 23.0 Å². The molecule has 2 amide bonds. The largest absolute Gasteiger partial charge is 0.497 e. The Hall–Kier alpha value is -4.93. The van der Waals surface area contributed by atoms with Crippen LogP contribution in [-0.2, 0) is 13.0 Å². The minimum atomic E-state index is -0.0583. The molecule has 11 heteroatoms. The molecule has 0 aliphatic carbocycles. The van der Waals surface area contributed by atoms with Gasteiger partial charge in [-0.1, -0.05) is 12.1 Å². The summed E-state index contributed by atoms with van der Waals surface area (Å²) in [7, 11) is 6.52. The highest BCUT2D eigenvalue weighted by Crippen LogP contribution is 2.47. The van der Waals surface area contributed by atoms with Crippen molar-refractivity contribution >= 4 is 23.4 Å². The Balaban J connectivity index is 1.27. The third kappa shape index (κ3) is 4.80. The van der Waals surface area contributed by atoms with E-state index in [2.05, 4.69) is 4.90 Å². The highest BCUT2D eigenvalue weighted by molar-refractivity contribution is 5.93. The fraction of sp³-hybridized carbons (Fsp3) is 0.323. The third-order valence-electron chi connectivity index (χ3n) is 7.73. The number of ether oxygens (including phenoxy) is 4. The number of carbonyl (C=O) groups is 1. The van der Waals surface area contributed by atoms with E-state index in [0.29, 0.717) is 49.2 Å². The summed E-state index contributed by atoms with van der Waals surface area (Å²) in [5, 5.41) is 4.85. The number of carbonyl (C=O) groups excluding carboxylic acids is 1. The van der Waals surface area contributed by atoms with Crippen molar-refractivity contribution in [3.05, 3.63) is 71.5 Å². The van der Waals surface area contributed by atoms with E-state index >= 15 is 0 Å². The van der Waals surface area contributed by atoms with Gasteiger partial charge in [-0.25, -0.2) is 14.5 Å². The van der Waals surface area contributed by atoms with Crippen molar-refractivity contribution in [1.29, 1.82) is 0 Å². The van der Waals surface area contributed by atoms with E-state index in [1.54, 1.807) is 33.3 Å². The van der Waals surface area contributed by atoms with E-state index in [4.69, 9.17) is 29.0 Å². The number of rotatable bonds is 9. The van der Waals surface area contributed by atoms with Gasteiger partial charge in [-0.2, -0.15) is 0 Å². The number of benzene rings is 2. The second kappa shape index (κ2) is 11.2.